The van der Waals surface area contributed by atoms with Gasteiger partial charge in [0.15, 0.2) is 5.13 Å². The summed E-state index contributed by atoms with van der Waals surface area (Å²) in [4.78, 5) is 22.2. The number of pyridine rings is 1. The number of nitrogens with one attached hydrogen (secondary N) is 1. The third kappa shape index (κ3) is 3.78. The number of hydrogen-bond donors (Lipinski definition) is 1. The van der Waals surface area contributed by atoms with Crippen molar-refractivity contribution < 1.29 is 4.79 Å². The van der Waals surface area contributed by atoms with Crippen LogP contribution in [0.1, 0.15) is 17.3 Å². The fourth-order valence-electron chi connectivity index (χ4n) is 2.06. The van der Waals surface area contributed by atoms with Gasteiger partial charge in [0.1, 0.15) is 5.69 Å². The zero-order chi connectivity index (χ0) is 16.1. The molecule has 4 nitrogen and oxygen atoms in total. The highest BCUT2D eigenvalue weighted by Gasteiger charge is 2.13. The van der Waals surface area contributed by atoms with Crippen LogP contribution in [0.2, 0.25) is 0 Å². The molecule has 0 radical (unpaired) electrons. The molecule has 1 aromatic carbocycles. The van der Waals surface area contributed by atoms with E-state index in [0.717, 1.165) is 22.0 Å². The second-order valence-electron chi connectivity index (χ2n) is 4.64. The van der Waals surface area contributed by atoms with Crippen LogP contribution >= 0.6 is 23.1 Å². The van der Waals surface area contributed by atoms with E-state index >= 15 is 0 Å². The predicted octanol–water partition coefficient (Wildman–Crippen LogP) is 4.57. The molecule has 0 aliphatic carbocycles. The molecule has 0 saturated carbocycles. The Hall–Kier alpha value is -2.18. The smallest absolute Gasteiger partial charge is 0.258 e. The molecule has 3 aromatic rings. The lowest BCUT2D eigenvalue weighted by Crippen LogP contribution is -2.12. The van der Waals surface area contributed by atoms with Gasteiger partial charge in [-0.2, -0.15) is 0 Å². The topological polar surface area (TPSA) is 54.9 Å². The van der Waals surface area contributed by atoms with Crippen molar-refractivity contribution >= 4 is 34.1 Å². The molecule has 0 unspecified atom stereocenters. The second kappa shape index (κ2) is 7.39. The maximum absolute atomic E-state index is 12.5. The zero-order valence-electron chi connectivity index (χ0n) is 12.5. The van der Waals surface area contributed by atoms with Crippen molar-refractivity contribution in [3.63, 3.8) is 0 Å². The molecule has 23 heavy (non-hydrogen) atoms. The lowest BCUT2D eigenvalue weighted by molar-refractivity contribution is 0.102. The Morgan fingerprint density at radius 3 is 2.78 bits per heavy atom. The first-order valence-corrected chi connectivity index (χ1v) is 9.04. The minimum atomic E-state index is -0.136. The highest BCUT2D eigenvalue weighted by molar-refractivity contribution is 7.99. The van der Waals surface area contributed by atoms with Gasteiger partial charge >= 0.3 is 0 Å². The lowest BCUT2D eigenvalue weighted by Gasteiger charge is -2.07. The minimum absolute atomic E-state index is 0.136. The standard InChI is InChI=1S/C17H15N3OS2/c1-2-22-15-9-4-3-7-12(15)16(21)20-17-19-14(11-23-17)13-8-5-6-10-18-13/h3-11H,2H2,1H3,(H,19,20,21). The van der Waals surface area contributed by atoms with Crippen molar-refractivity contribution in [2.24, 2.45) is 0 Å². The van der Waals surface area contributed by atoms with Crippen LogP contribution in [0.5, 0.6) is 0 Å². The van der Waals surface area contributed by atoms with Gasteiger partial charge in [-0.15, -0.1) is 23.1 Å². The lowest BCUT2D eigenvalue weighted by atomic mass is 10.2. The molecule has 3 rings (SSSR count). The molecule has 2 heterocycles. The van der Waals surface area contributed by atoms with E-state index in [1.54, 1.807) is 18.0 Å². The molecule has 0 atom stereocenters. The number of nitrogens with zero attached hydrogens (tertiary/aromatic N) is 2. The summed E-state index contributed by atoms with van der Waals surface area (Å²) in [6.45, 7) is 2.07. The molecule has 2 aromatic heterocycles. The van der Waals surface area contributed by atoms with E-state index in [-0.39, 0.29) is 5.91 Å². The van der Waals surface area contributed by atoms with Gasteiger partial charge in [-0.25, -0.2) is 4.98 Å². The van der Waals surface area contributed by atoms with Crippen molar-refractivity contribution in [2.45, 2.75) is 11.8 Å². The number of amides is 1. The summed E-state index contributed by atoms with van der Waals surface area (Å²) < 4.78 is 0. The molecule has 6 heteroatoms. The second-order valence-corrected chi connectivity index (χ2v) is 6.80. The van der Waals surface area contributed by atoms with E-state index in [9.17, 15) is 4.79 Å². The molecule has 0 bridgehead atoms. The third-order valence-corrected chi connectivity index (χ3v) is 4.80. The first-order valence-electron chi connectivity index (χ1n) is 7.18. The summed E-state index contributed by atoms with van der Waals surface area (Å²) in [6.07, 6.45) is 1.73. The van der Waals surface area contributed by atoms with Crippen LogP contribution < -0.4 is 5.32 Å². The van der Waals surface area contributed by atoms with Crippen molar-refractivity contribution in [1.82, 2.24) is 9.97 Å². The molecular weight excluding hydrogens is 326 g/mol. The van der Waals surface area contributed by atoms with E-state index in [0.29, 0.717) is 10.7 Å². The van der Waals surface area contributed by atoms with Crippen LogP contribution in [-0.2, 0) is 0 Å². The summed E-state index contributed by atoms with van der Waals surface area (Å²) in [6, 6.07) is 13.3. The van der Waals surface area contributed by atoms with Crippen LogP contribution in [0.25, 0.3) is 11.4 Å². The van der Waals surface area contributed by atoms with Crippen LogP contribution in [0.4, 0.5) is 5.13 Å². The Morgan fingerprint density at radius 2 is 2.00 bits per heavy atom. The Kier molecular flexibility index (Phi) is 5.05. The monoisotopic (exact) mass is 341 g/mol. The number of hydrogen-bond acceptors (Lipinski definition) is 5. The van der Waals surface area contributed by atoms with Gasteiger partial charge in [0.05, 0.1) is 11.3 Å². The van der Waals surface area contributed by atoms with Crippen LogP contribution in [0.15, 0.2) is 58.9 Å². The van der Waals surface area contributed by atoms with Crippen LogP contribution in [-0.4, -0.2) is 21.6 Å². The molecule has 0 saturated heterocycles. The number of carbonyl (C=O) groups is 1. The van der Waals surface area contributed by atoms with Gasteiger partial charge < -0.3 is 0 Å². The Morgan fingerprint density at radius 1 is 1.17 bits per heavy atom. The molecule has 1 N–H and O–H groups in total. The van der Waals surface area contributed by atoms with E-state index in [2.05, 4.69) is 22.2 Å². The summed E-state index contributed by atoms with van der Waals surface area (Å²) in [5.41, 5.74) is 2.24. The van der Waals surface area contributed by atoms with Crippen molar-refractivity contribution in [3.8, 4) is 11.4 Å². The predicted molar refractivity (Wildman–Crippen MR) is 96.1 cm³/mol. The number of thiazole rings is 1. The zero-order valence-corrected chi connectivity index (χ0v) is 14.2. The maximum atomic E-state index is 12.5. The summed E-state index contributed by atoms with van der Waals surface area (Å²) >= 11 is 3.05. The number of aromatic nitrogens is 2. The van der Waals surface area contributed by atoms with E-state index in [1.165, 1.54) is 11.3 Å². The SMILES string of the molecule is CCSc1ccccc1C(=O)Nc1nc(-c2ccccn2)cs1. The van der Waals surface area contributed by atoms with Gasteiger partial charge in [-0.05, 0) is 30.0 Å². The first-order chi connectivity index (χ1) is 11.3. The Balaban J connectivity index is 1.78. The van der Waals surface area contributed by atoms with E-state index in [1.807, 2.05) is 47.8 Å². The fourth-order valence-corrected chi connectivity index (χ4v) is 3.56. The van der Waals surface area contributed by atoms with Crippen molar-refractivity contribution in [2.75, 3.05) is 11.1 Å². The molecule has 0 aliphatic rings. The normalized spacial score (nSPS) is 10.5. The van der Waals surface area contributed by atoms with Gasteiger partial charge in [-0.3, -0.25) is 15.1 Å². The average molecular weight is 341 g/mol. The third-order valence-electron chi connectivity index (χ3n) is 3.08. The molecule has 116 valence electrons. The summed E-state index contributed by atoms with van der Waals surface area (Å²) in [7, 11) is 0. The molecular formula is C17H15N3OS2. The van der Waals surface area contributed by atoms with E-state index in [4.69, 9.17) is 0 Å². The molecule has 0 aliphatic heterocycles. The number of thioether (sulfide) groups is 1. The maximum Gasteiger partial charge on any atom is 0.258 e. The average Bonchev–Trinajstić information content (AvgIpc) is 3.05. The van der Waals surface area contributed by atoms with Gasteiger partial charge in [0.25, 0.3) is 5.91 Å². The fraction of sp³-hybridized carbons (Fsp3) is 0.118. The number of anilines is 1. The minimum Gasteiger partial charge on any atom is -0.298 e. The highest BCUT2D eigenvalue weighted by atomic mass is 32.2. The summed E-state index contributed by atoms with van der Waals surface area (Å²) in [5, 5.41) is 5.34. The largest absolute Gasteiger partial charge is 0.298 e. The van der Waals surface area contributed by atoms with Gasteiger partial charge in [-0.1, -0.05) is 25.1 Å². The Labute approximate surface area is 143 Å². The molecule has 0 spiro atoms. The molecule has 1 amide bonds. The van der Waals surface area contributed by atoms with E-state index < -0.39 is 0 Å². The van der Waals surface area contributed by atoms with Crippen molar-refractivity contribution in [3.05, 3.63) is 59.6 Å². The van der Waals surface area contributed by atoms with Crippen LogP contribution in [0.3, 0.4) is 0 Å². The number of benzene rings is 1. The number of rotatable bonds is 5. The highest BCUT2D eigenvalue weighted by Crippen LogP contribution is 2.26. The van der Waals surface area contributed by atoms with Crippen molar-refractivity contribution in [1.29, 1.82) is 0 Å². The van der Waals surface area contributed by atoms with Gasteiger partial charge in [0, 0.05) is 16.5 Å². The summed E-state index contributed by atoms with van der Waals surface area (Å²) in [5.74, 6) is 0.786. The van der Waals surface area contributed by atoms with Crippen LogP contribution in [0, 0.1) is 0 Å². The Bertz CT molecular complexity index is 802. The number of carbonyl (C=O) groups excluding carboxylic acids is 1. The molecule has 0 fully saturated rings. The quantitative estimate of drug-likeness (QED) is 0.691. The first kappa shape index (κ1) is 15.7. The van der Waals surface area contributed by atoms with Gasteiger partial charge in [0.2, 0.25) is 0 Å².